The monoisotopic (exact) mass is 718 g/mol. The Hall–Kier alpha value is -3.97. The van der Waals surface area contributed by atoms with Crippen LogP contribution in [0.3, 0.4) is 0 Å². The SMILES string of the molecule is CCOC(Cc1ccc(OCCN(CC(F)(F)C(F)(F)C(F)(F)C(F)(F)C(F)(F)C(F)(F)F)C(=O)Nc2cccc(C)c2)cc1)C(=O)O. The molecule has 0 saturated heterocycles. The second-order valence-electron chi connectivity index (χ2n) is 10.2. The van der Waals surface area contributed by atoms with Crippen molar-refractivity contribution in [2.75, 3.05) is 31.6 Å². The first-order chi connectivity index (χ1) is 21.8. The summed E-state index contributed by atoms with van der Waals surface area (Å²) in [6.07, 6.45) is -8.87. The largest absolute Gasteiger partial charge is 0.492 e. The van der Waals surface area contributed by atoms with E-state index in [1.165, 1.54) is 55.5 Å². The highest BCUT2D eigenvalue weighted by Crippen LogP contribution is 2.60. The predicted octanol–water partition coefficient (Wildman–Crippen LogP) is 7.68. The van der Waals surface area contributed by atoms with Crippen LogP contribution in [0.2, 0.25) is 0 Å². The van der Waals surface area contributed by atoms with Crippen LogP contribution in [0.5, 0.6) is 5.75 Å². The Balaban J connectivity index is 2.34. The van der Waals surface area contributed by atoms with Gasteiger partial charge < -0.3 is 24.8 Å². The van der Waals surface area contributed by atoms with Crippen molar-refractivity contribution >= 4 is 17.7 Å². The van der Waals surface area contributed by atoms with Gasteiger partial charge in [-0.3, -0.25) is 0 Å². The highest BCUT2D eigenvalue weighted by atomic mass is 19.4. The Morgan fingerprint density at radius 2 is 1.40 bits per heavy atom. The summed E-state index contributed by atoms with van der Waals surface area (Å²) in [6, 6.07) is 8.65. The molecule has 1 atom stereocenters. The van der Waals surface area contributed by atoms with Crippen molar-refractivity contribution in [3.8, 4) is 5.75 Å². The second kappa shape index (κ2) is 14.7. The Morgan fingerprint density at radius 3 is 1.90 bits per heavy atom. The summed E-state index contributed by atoms with van der Waals surface area (Å²) in [5, 5.41) is 11.1. The van der Waals surface area contributed by atoms with Gasteiger partial charge in [-0.05, 0) is 49.2 Å². The van der Waals surface area contributed by atoms with Crippen molar-refractivity contribution in [2.24, 2.45) is 0 Å². The highest BCUT2D eigenvalue weighted by molar-refractivity contribution is 5.89. The fourth-order valence-electron chi connectivity index (χ4n) is 3.95. The molecule has 0 fully saturated rings. The number of carbonyl (C=O) groups excluding carboxylic acids is 1. The molecule has 0 aliphatic heterocycles. The molecule has 0 radical (unpaired) electrons. The highest BCUT2D eigenvalue weighted by Gasteiger charge is 2.90. The third-order valence-corrected chi connectivity index (χ3v) is 6.56. The number of anilines is 1. The smallest absolute Gasteiger partial charge is 0.460 e. The van der Waals surface area contributed by atoms with Crippen LogP contribution in [-0.4, -0.2) is 90.2 Å². The molecule has 0 heterocycles. The van der Waals surface area contributed by atoms with Crippen molar-refractivity contribution in [3.05, 3.63) is 59.7 Å². The van der Waals surface area contributed by atoms with Crippen LogP contribution in [0.4, 0.5) is 67.6 Å². The molecule has 0 bridgehead atoms. The number of aliphatic carboxylic acids is 1. The Kier molecular flexibility index (Phi) is 12.3. The van der Waals surface area contributed by atoms with Crippen LogP contribution in [0.25, 0.3) is 0 Å². The number of aryl methyl sites for hydroxylation is 1. The van der Waals surface area contributed by atoms with E-state index >= 15 is 0 Å². The van der Waals surface area contributed by atoms with Crippen molar-refractivity contribution < 1.29 is 81.2 Å². The minimum absolute atomic E-state index is 0.0806. The number of carboxylic acids is 1. The lowest BCUT2D eigenvalue weighted by Crippen LogP contribution is -2.71. The number of halogens is 13. The quantitative estimate of drug-likeness (QED) is 0.174. The molecular formula is C28H27F13N2O5. The fraction of sp³-hybridized carbons (Fsp3) is 0.500. The molecule has 7 nitrogen and oxygen atoms in total. The molecule has 0 aliphatic rings. The van der Waals surface area contributed by atoms with Crippen LogP contribution in [0.15, 0.2) is 48.5 Å². The van der Waals surface area contributed by atoms with Gasteiger partial charge in [-0.15, -0.1) is 0 Å². The maximum absolute atomic E-state index is 14.7. The number of benzene rings is 2. The summed E-state index contributed by atoms with van der Waals surface area (Å²) in [7, 11) is 0. The lowest BCUT2D eigenvalue weighted by atomic mass is 9.93. The van der Waals surface area contributed by atoms with Crippen molar-refractivity contribution in [1.82, 2.24) is 4.90 Å². The van der Waals surface area contributed by atoms with Gasteiger partial charge in [-0.2, -0.15) is 57.1 Å². The average Bonchev–Trinajstić information content (AvgIpc) is 2.96. The van der Waals surface area contributed by atoms with Crippen molar-refractivity contribution in [2.45, 2.75) is 62.2 Å². The average molecular weight is 719 g/mol. The number of ether oxygens (including phenoxy) is 2. The van der Waals surface area contributed by atoms with Crippen LogP contribution in [-0.2, 0) is 16.0 Å². The molecule has 20 heteroatoms. The van der Waals surface area contributed by atoms with E-state index < -0.39 is 73.6 Å². The number of urea groups is 1. The standard InChI is InChI=1S/C28H27F13N2O5/c1-3-47-20(21(44)45)14-17-7-9-19(10-8-17)48-12-11-43(22(46)42-18-6-4-5-16(2)13-18)15-23(29,30)24(31,32)25(33,34)26(35,36)27(37,38)28(39,40)41/h4-10,13,20H,3,11-12,14-15H2,1-2H3,(H,42,46)(H,44,45). The molecule has 48 heavy (non-hydrogen) atoms. The summed E-state index contributed by atoms with van der Waals surface area (Å²) in [4.78, 5) is 23.7. The van der Waals surface area contributed by atoms with Gasteiger partial charge in [-0.1, -0.05) is 24.3 Å². The minimum Gasteiger partial charge on any atom is -0.492 e. The molecule has 2 amide bonds. The number of carbonyl (C=O) groups is 2. The molecule has 1 unspecified atom stereocenters. The molecule has 2 N–H and O–H groups in total. The molecule has 2 rings (SSSR count). The summed E-state index contributed by atoms with van der Waals surface area (Å²) in [5.41, 5.74) is 0.717. The molecule has 0 spiro atoms. The summed E-state index contributed by atoms with van der Waals surface area (Å²) >= 11 is 0. The van der Waals surface area contributed by atoms with Gasteiger partial charge in [0.15, 0.2) is 6.10 Å². The van der Waals surface area contributed by atoms with E-state index in [-0.39, 0.29) is 29.4 Å². The molecule has 0 saturated carbocycles. The zero-order chi connectivity index (χ0) is 36.9. The maximum Gasteiger partial charge on any atom is 0.460 e. The summed E-state index contributed by atoms with van der Waals surface area (Å²) in [5.74, 6) is -39.5. The maximum atomic E-state index is 14.7. The predicted molar refractivity (Wildman–Crippen MR) is 141 cm³/mol. The molecule has 0 aliphatic carbocycles. The lowest BCUT2D eigenvalue weighted by molar-refractivity contribution is -0.439. The Bertz CT molecular complexity index is 1400. The molecule has 2 aromatic carbocycles. The Morgan fingerprint density at radius 1 is 0.833 bits per heavy atom. The van der Waals surface area contributed by atoms with E-state index in [0.29, 0.717) is 11.1 Å². The second-order valence-corrected chi connectivity index (χ2v) is 10.2. The van der Waals surface area contributed by atoms with E-state index in [4.69, 9.17) is 9.47 Å². The minimum atomic E-state index is -8.08. The van der Waals surface area contributed by atoms with Crippen LogP contribution in [0.1, 0.15) is 18.1 Å². The van der Waals surface area contributed by atoms with Gasteiger partial charge in [0.1, 0.15) is 12.4 Å². The van der Waals surface area contributed by atoms with Gasteiger partial charge >= 0.3 is 47.8 Å². The van der Waals surface area contributed by atoms with E-state index in [1.54, 1.807) is 6.92 Å². The first-order valence-electron chi connectivity index (χ1n) is 13.5. The van der Waals surface area contributed by atoms with E-state index in [0.717, 1.165) is 0 Å². The topological polar surface area (TPSA) is 88.1 Å². The van der Waals surface area contributed by atoms with Crippen LogP contribution in [0, 0.1) is 6.92 Å². The first-order valence-corrected chi connectivity index (χ1v) is 13.5. The van der Waals surface area contributed by atoms with E-state index in [2.05, 4.69) is 0 Å². The number of carboxylic acid groups (broad SMARTS) is 1. The van der Waals surface area contributed by atoms with Gasteiger partial charge in [0, 0.05) is 18.7 Å². The lowest BCUT2D eigenvalue weighted by Gasteiger charge is -2.40. The van der Waals surface area contributed by atoms with E-state index in [9.17, 15) is 71.8 Å². The Labute approximate surface area is 263 Å². The third-order valence-electron chi connectivity index (χ3n) is 6.56. The van der Waals surface area contributed by atoms with E-state index in [1.807, 2.05) is 5.32 Å². The fourth-order valence-corrected chi connectivity index (χ4v) is 3.95. The number of hydrogen-bond donors (Lipinski definition) is 2. The molecule has 0 aromatic heterocycles. The summed E-state index contributed by atoms with van der Waals surface area (Å²) in [6.45, 7) is -1.82. The van der Waals surface area contributed by atoms with Crippen molar-refractivity contribution in [3.63, 3.8) is 0 Å². The van der Waals surface area contributed by atoms with Gasteiger partial charge in [0.05, 0.1) is 13.1 Å². The zero-order valence-corrected chi connectivity index (χ0v) is 24.7. The van der Waals surface area contributed by atoms with Crippen LogP contribution >= 0.6 is 0 Å². The van der Waals surface area contributed by atoms with Gasteiger partial charge in [-0.25, -0.2) is 9.59 Å². The molecule has 270 valence electrons. The third kappa shape index (κ3) is 8.54. The van der Waals surface area contributed by atoms with Gasteiger partial charge in [0.25, 0.3) is 0 Å². The summed E-state index contributed by atoms with van der Waals surface area (Å²) < 4.78 is 188. The number of rotatable bonds is 16. The number of nitrogens with one attached hydrogen (secondary N) is 1. The normalized spacial score (nSPS) is 14.0. The number of nitrogens with zero attached hydrogens (tertiary/aromatic N) is 1. The number of hydrogen-bond acceptors (Lipinski definition) is 4. The first kappa shape index (κ1) is 40.2. The van der Waals surface area contributed by atoms with Gasteiger partial charge in [0.2, 0.25) is 0 Å². The number of alkyl halides is 13. The zero-order valence-electron chi connectivity index (χ0n) is 24.7. The van der Waals surface area contributed by atoms with Crippen molar-refractivity contribution in [1.29, 1.82) is 0 Å². The molecule has 2 aromatic rings. The molecular weight excluding hydrogens is 691 g/mol. The van der Waals surface area contributed by atoms with Crippen LogP contribution < -0.4 is 10.1 Å². The number of amides is 2.